The van der Waals surface area contributed by atoms with Crippen molar-refractivity contribution >= 4 is 33.4 Å². The molecule has 1 heterocycles. The molecule has 0 fully saturated rings. The van der Waals surface area contributed by atoms with E-state index in [4.69, 9.17) is 9.47 Å². The van der Waals surface area contributed by atoms with E-state index >= 15 is 0 Å². The molecule has 0 aliphatic carbocycles. The summed E-state index contributed by atoms with van der Waals surface area (Å²) in [5, 5.41) is 0. The predicted molar refractivity (Wildman–Crippen MR) is 113 cm³/mol. The monoisotopic (exact) mass is 412 g/mol. The molecule has 1 aromatic heterocycles. The first-order valence-electron chi connectivity index (χ1n) is 9.66. The van der Waals surface area contributed by atoms with Crippen molar-refractivity contribution in [3.63, 3.8) is 0 Å². The first kappa shape index (κ1) is 20.8. The Balaban J connectivity index is 2.11. The fourth-order valence-electron chi connectivity index (χ4n) is 2.98. The van der Waals surface area contributed by atoms with E-state index in [1.807, 2.05) is 25.1 Å². The minimum atomic E-state index is -0.408. The van der Waals surface area contributed by atoms with Crippen LogP contribution in [0.2, 0.25) is 0 Å². The topological polar surface area (TPSA) is 69.9 Å². The molecule has 152 valence electrons. The number of nitrogens with zero attached hydrogens (tertiary/aromatic N) is 2. The van der Waals surface area contributed by atoms with Gasteiger partial charge in [-0.3, -0.25) is 9.59 Å². The Labute approximate surface area is 173 Å². The molecule has 29 heavy (non-hydrogen) atoms. The Morgan fingerprint density at radius 3 is 2.59 bits per heavy atom. The number of thiazole rings is 1. The molecule has 0 aliphatic rings. The SMILES string of the molecule is CCOC(=O)Cn1c(=NC(=O)c2ccccc2OCC)sc2cc(CC)ccc21. The van der Waals surface area contributed by atoms with Crippen molar-refractivity contribution in [3.8, 4) is 5.75 Å². The number of hydrogen-bond acceptors (Lipinski definition) is 5. The maximum absolute atomic E-state index is 12.9. The van der Waals surface area contributed by atoms with Gasteiger partial charge in [0.25, 0.3) is 5.91 Å². The molecule has 0 N–H and O–H groups in total. The van der Waals surface area contributed by atoms with E-state index in [-0.39, 0.29) is 12.5 Å². The Hall–Kier alpha value is -2.93. The van der Waals surface area contributed by atoms with Crippen LogP contribution in [0, 0.1) is 0 Å². The predicted octanol–water partition coefficient (Wildman–Crippen LogP) is 3.97. The fourth-order valence-corrected chi connectivity index (χ4v) is 4.07. The smallest absolute Gasteiger partial charge is 0.326 e. The van der Waals surface area contributed by atoms with Crippen molar-refractivity contribution in [2.75, 3.05) is 13.2 Å². The number of amides is 1. The number of para-hydroxylation sites is 1. The molecular formula is C22H24N2O4S. The first-order valence-corrected chi connectivity index (χ1v) is 10.5. The highest BCUT2D eigenvalue weighted by atomic mass is 32.1. The van der Waals surface area contributed by atoms with Crippen LogP contribution in [0.15, 0.2) is 47.5 Å². The molecule has 0 saturated heterocycles. The van der Waals surface area contributed by atoms with Gasteiger partial charge in [-0.1, -0.05) is 36.5 Å². The summed E-state index contributed by atoms with van der Waals surface area (Å²) in [5.74, 6) is -0.278. The van der Waals surface area contributed by atoms with E-state index in [2.05, 4.69) is 18.0 Å². The number of aryl methyl sites for hydroxylation is 1. The van der Waals surface area contributed by atoms with Gasteiger partial charge >= 0.3 is 5.97 Å². The quantitative estimate of drug-likeness (QED) is 0.551. The molecule has 0 atom stereocenters. The Bertz CT molecular complexity index is 1100. The van der Waals surface area contributed by atoms with E-state index in [9.17, 15) is 9.59 Å². The molecule has 1 amide bonds. The van der Waals surface area contributed by atoms with Gasteiger partial charge in [0.05, 0.1) is 29.0 Å². The summed E-state index contributed by atoms with van der Waals surface area (Å²) in [4.78, 5) is 29.8. The third-order valence-corrected chi connectivity index (χ3v) is 5.40. The standard InChI is InChI=1S/C22H24N2O4S/c1-4-15-11-12-17-19(13-15)29-22(24(17)14-20(25)28-6-3)23-21(26)16-9-7-8-10-18(16)27-5-2/h7-13H,4-6,14H2,1-3H3. The highest BCUT2D eigenvalue weighted by Gasteiger charge is 2.15. The van der Waals surface area contributed by atoms with Gasteiger partial charge in [0.2, 0.25) is 0 Å². The largest absolute Gasteiger partial charge is 0.493 e. The van der Waals surface area contributed by atoms with Gasteiger partial charge in [-0.05, 0) is 50.1 Å². The number of ether oxygens (including phenoxy) is 2. The highest BCUT2D eigenvalue weighted by molar-refractivity contribution is 7.16. The number of fused-ring (bicyclic) bond motifs is 1. The second-order valence-electron chi connectivity index (χ2n) is 6.28. The van der Waals surface area contributed by atoms with Crippen molar-refractivity contribution in [1.29, 1.82) is 0 Å². The molecule has 6 nitrogen and oxygen atoms in total. The van der Waals surface area contributed by atoms with Crippen molar-refractivity contribution < 1.29 is 19.1 Å². The summed E-state index contributed by atoms with van der Waals surface area (Å²) in [7, 11) is 0. The lowest BCUT2D eigenvalue weighted by Crippen LogP contribution is -2.23. The van der Waals surface area contributed by atoms with Crippen molar-refractivity contribution in [2.45, 2.75) is 33.7 Å². The van der Waals surface area contributed by atoms with Crippen LogP contribution in [0.1, 0.15) is 36.7 Å². The molecule has 2 aromatic carbocycles. The maximum atomic E-state index is 12.9. The Kier molecular flexibility index (Phi) is 6.82. The first-order chi connectivity index (χ1) is 14.1. The molecule has 3 rings (SSSR count). The molecule has 0 spiro atoms. The second kappa shape index (κ2) is 9.52. The van der Waals surface area contributed by atoms with Gasteiger partial charge in [0.1, 0.15) is 12.3 Å². The lowest BCUT2D eigenvalue weighted by molar-refractivity contribution is -0.143. The number of benzene rings is 2. The third kappa shape index (κ3) is 4.74. The van der Waals surface area contributed by atoms with E-state index in [0.29, 0.717) is 29.3 Å². The summed E-state index contributed by atoms with van der Waals surface area (Å²) in [6, 6.07) is 13.1. The molecular weight excluding hydrogens is 388 g/mol. The molecule has 0 unspecified atom stereocenters. The Morgan fingerprint density at radius 2 is 1.86 bits per heavy atom. The minimum Gasteiger partial charge on any atom is -0.493 e. The Morgan fingerprint density at radius 1 is 1.07 bits per heavy atom. The number of aromatic nitrogens is 1. The normalized spacial score (nSPS) is 11.6. The van der Waals surface area contributed by atoms with E-state index < -0.39 is 5.91 Å². The van der Waals surface area contributed by atoms with Crippen LogP contribution in [-0.2, 0) is 22.5 Å². The van der Waals surface area contributed by atoms with Crippen LogP contribution in [0.4, 0.5) is 0 Å². The van der Waals surface area contributed by atoms with E-state index in [1.54, 1.807) is 29.7 Å². The van der Waals surface area contributed by atoms with Crippen molar-refractivity contribution in [3.05, 3.63) is 58.4 Å². The van der Waals surface area contributed by atoms with E-state index in [1.165, 1.54) is 16.9 Å². The van der Waals surface area contributed by atoms with Crippen LogP contribution in [0.5, 0.6) is 5.75 Å². The summed E-state index contributed by atoms with van der Waals surface area (Å²) >= 11 is 1.38. The fraction of sp³-hybridized carbons (Fsp3) is 0.318. The van der Waals surface area contributed by atoms with Gasteiger partial charge in [0, 0.05) is 0 Å². The number of rotatable bonds is 7. The molecule has 0 saturated carbocycles. The van der Waals surface area contributed by atoms with Gasteiger partial charge in [-0.15, -0.1) is 0 Å². The van der Waals surface area contributed by atoms with Crippen LogP contribution in [0.3, 0.4) is 0 Å². The van der Waals surface area contributed by atoms with Gasteiger partial charge in [-0.25, -0.2) is 0 Å². The maximum Gasteiger partial charge on any atom is 0.326 e. The molecule has 3 aromatic rings. The zero-order chi connectivity index (χ0) is 20.8. The van der Waals surface area contributed by atoms with Gasteiger partial charge < -0.3 is 14.0 Å². The molecule has 7 heteroatoms. The molecule has 0 radical (unpaired) electrons. The van der Waals surface area contributed by atoms with Crippen LogP contribution >= 0.6 is 11.3 Å². The summed E-state index contributed by atoms with van der Waals surface area (Å²) in [5.41, 5.74) is 2.43. The summed E-state index contributed by atoms with van der Waals surface area (Å²) in [6.07, 6.45) is 0.902. The lowest BCUT2D eigenvalue weighted by Gasteiger charge is -2.07. The number of carbonyl (C=O) groups is 2. The van der Waals surface area contributed by atoms with E-state index in [0.717, 1.165) is 16.6 Å². The van der Waals surface area contributed by atoms with Crippen LogP contribution < -0.4 is 9.54 Å². The number of carbonyl (C=O) groups excluding carboxylic acids is 2. The number of esters is 1. The third-order valence-electron chi connectivity index (χ3n) is 4.36. The van der Waals surface area contributed by atoms with Gasteiger partial charge in [0.15, 0.2) is 4.80 Å². The second-order valence-corrected chi connectivity index (χ2v) is 7.29. The molecule has 0 aliphatic heterocycles. The summed E-state index contributed by atoms with van der Waals surface area (Å²) < 4.78 is 13.4. The summed E-state index contributed by atoms with van der Waals surface area (Å²) in [6.45, 7) is 6.47. The molecule has 0 bridgehead atoms. The van der Waals surface area contributed by atoms with Gasteiger partial charge in [-0.2, -0.15) is 4.99 Å². The van der Waals surface area contributed by atoms with Crippen molar-refractivity contribution in [1.82, 2.24) is 4.57 Å². The minimum absolute atomic E-state index is 0.00146. The highest BCUT2D eigenvalue weighted by Crippen LogP contribution is 2.21. The van der Waals surface area contributed by atoms with Crippen LogP contribution in [-0.4, -0.2) is 29.7 Å². The van der Waals surface area contributed by atoms with Crippen molar-refractivity contribution in [2.24, 2.45) is 4.99 Å². The zero-order valence-electron chi connectivity index (χ0n) is 16.8. The van der Waals surface area contributed by atoms with Crippen LogP contribution in [0.25, 0.3) is 10.2 Å². The average molecular weight is 413 g/mol. The average Bonchev–Trinajstić information content (AvgIpc) is 3.04. The number of hydrogen-bond donors (Lipinski definition) is 0. The zero-order valence-corrected chi connectivity index (χ0v) is 17.6. The lowest BCUT2D eigenvalue weighted by atomic mass is 10.2.